The lowest BCUT2D eigenvalue weighted by atomic mass is 9.98. The second kappa shape index (κ2) is 9.11. The molecule has 1 aromatic rings. The van der Waals surface area contributed by atoms with Crippen molar-refractivity contribution in [3.63, 3.8) is 0 Å². The fourth-order valence-corrected chi connectivity index (χ4v) is 3.98. The zero-order valence-corrected chi connectivity index (χ0v) is 14.8. The van der Waals surface area contributed by atoms with Crippen LogP contribution in [0.5, 0.6) is 0 Å². The number of likely N-dealkylation sites (tertiary alicyclic amines) is 2. The summed E-state index contributed by atoms with van der Waals surface area (Å²) < 4.78 is 2.23. The minimum Gasteiger partial charge on any atom is -0.354 e. The number of carbonyl (C=O) groups excluding carboxylic acids is 1. The van der Waals surface area contributed by atoms with Crippen LogP contribution >= 0.6 is 0 Å². The topological polar surface area (TPSA) is 40.5 Å². The molecule has 1 atom stereocenters. The van der Waals surface area contributed by atoms with Crippen LogP contribution in [0.15, 0.2) is 24.5 Å². The molecule has 1 unspecified atom stereocenters. The summed E-state index contributed by atoms with van der Waals surface area (Å²) in [5, 5.41) is 3.12. The van der Waals surface area contributed by atoms with E-state index in [-0.39, 0.29) is 6.03 Å². The fraction of sp³-hybridized carbons (Fsp3) is 0.737. The van der Waals surface area contributed by atoms with Gasteiger partial charge >= 0.3 is 6.03 Å². The van der Waals surface area contributed by atoms with Crippen LogP contribution in [0.2, 0.25) is 0 Å². The van der Waals surface area contributed by atoms with Crippen LogP contribution in [0, 0.1) is 5.92 Å². The van der Waals surface area contributed by atoms with Gasteiger partial charge in [0.15, 0.2) is 0 Å². The monoisotopic (exact) mass is 332 g/mol. The van der Waals surface area contributed by atoms with Gasteiger partial charge in [0.25, 0.3) is 0 Å². The normalized spacial score (nSPS) is 22.5. The second-order valence-corrected chi connectivity index (χ2v) is 7.32. The van der Waals surface area contributed by atoms with Crippen LogP contribution in [0.25, 0.3) is 0 Å². The van der Waals surface area contributed by atoms with E-state index in [0.29, 0.717) is 5.92 Å². The minimum atomic E-state index is 0.130. The Labute approximate surface area is 146 Å². The number of nitrogens with zero attached hydrogens (tertiary/aromatic N) is 3. The van der Waals surface area contributed by atoms with Crippen LogP contribution in [0.4, 0.5) is 4.79 Å². The zero-order chi connectivity index (χ0) is 16.6. The molecule has 5 nitrogen and oxygen atoms in total. The van der Waals surface area contributed by atoms with Crippen molar-refractivity contribution in [2.75, 3.05) is 39.3 Å². The number of urea groups is 1. The first-order chi connectivity index (χ1) is 11.8. The molecule has 0 aromatic carbocycles. The molecule has 2 saturated heterocycles. The van der Waals surface area contributed by atoms with Gasteiger partial charge in [0.1, 0.15) is 0 Å². The van der Waals surface area contributed by atoms with Crippen molar-refractivity contribution in [1.82, 2.24) is 19.7 Å². The molecule has 2 amide bonds. The SMILES string of the molecule is O=C(NCCCN1CCCCC1)N1CCCC(Cn2cccc2)C1. The number of rotatable bonds is 6. The van der Waals surface area contributed by atoms with E-state index in [4.69, 9.17) is 0 Å². The molecule has 3 rings (SSSR count). The van der Waals surface area contributed by atoms with Crippen molar-refractivity contribution in [3.05, 3.63) is 24.5 Å². The van der Waals surface area contributed by atoms with Gasteiger partial charge in [-0.25, -0.2) is 4.79 Å². The Balaban J connectivity index is 1.33. The highest BCUT2D eigenvalue weighted by molar-refractivity contribution is 5.74. The van der Waals surface area contributed by atoms with Crippen molar-refractivity contribution in [2.45, 2.75) is 45.1 Å². The molecule has 0 radical (unpaired) electrons. The van der Waals surface area contributed by atoms with Crippen molar-refractivity contribution in [3.8, 4) is 0 Å². The Bertz CT molecular complexity index is 482. The number of piperidine rings is 2. The van der Waals surface area contributed by atoms with Crippen LogP contribution in [0.1, 0.15) is 38.5 Å². The summed E-state index contributed by atoms with van der Waals surface area (Å²) in [6.07, 6.45) is 11.7. The lowest BCUT2D eigenvalue weighted by Gasteiger charge is -2.33. The van der Waals surface area contributed by atoms with E-state index in [0.717, 1.165) is 45.6 Å². The fourth-order valence-electron chi connectivity index (χ4n) is 3.98. The molecule has 0 saturated carbocycles. The van der Waals surface area contributed by atoms with E-state index in [2.05, 4.69) is 39.3 Å². The van der Waals surface area contributed by atoms with E-state index in [9.17, 15) is 4.79 Å². The highest BCUT2D eigenvalue weighted by Crippen LogP contribution is 2.18. The highest BCUT2D eigenvalue weighted by atomic mass is 16.2. The molecular formula is C19H32N4O. The predicted molar refractivity (Wildman–Crippen MR) is 97.0 cm³/mol. The first-order valence-electron chi connectivity index (χ1n) is 9.67. The smallest absolute Gasteiger partial charge is 0.317 e. The Morgan fingerprint density at radius 2 is 1.83 bits per heavy atom. The van der Waals surface area contributed by atoms with E-state index in [1.54, 1.807) is 0 Å². The Morgan fingerprint density at radius 1 is 1.04 bits per heavy atom. The van der Waals surface area contributed by atoms with Crippen molar-refractivity contribution in [2.24, 2.45) is 5.92 Å². The van der Waals surface area contributed by atoms with Gasteiger partial charge in [0, 0.05) is 38.6 Å². The third kappa shape index (κ3) is 5.26. The molecule has 5 heteroatoms. The van der Waals surface area contributed by atoms with Crippen LogP contribution in [-0.2, 0) is 6.54 Å². The third-order valence-corrected chi connectivity index (χ3v) is 5.32. The number of carbonyl (C=O) groups is 1. The number of amides is 2. The summed E-state index contributed by atoms with van der Waals surface area (Å²) in [5.74, 6) is 0.574. The third-order valence-electron chi connectivity index (χ3n) is 5.32. The molecule has 3 heterocycles. The number of hydrogen-bond donors (Lipinski definition) is 1. The van der Waals surface area contributed by atoms with E-state index in [1.165, 1.54) is 38.8 Å². The predicted octanol–water partition coefficient (Wildman–Crippen LogP) is 2.79. The standard InChI is InChI=1S/C19H32N4O/c24-19(20-9-7-14-21-10-2-1-3-11-21)23-15-6-8-18(17-23)16-22-12-4-5-13-22/h4-5,12-13,18H,1-3,6-11,14-17H2,(H,20,24). The molecule has 2 fully saturated rings. The van der Waals surface area contributed by atoms with Gasteiger partial charge in [-0.15, -0.1) is 0 Å². The number of hydrogen-bond acceptors (Lipinski definition) is 2. The summed E-state index contributed by atoms with van der Waals surface area (Å²) in [6, 6.07) is 4.26. The largest absolute Gasteiger partial charge is 0.354 e. The van der Waals surface area contributed by atoms with Gasteiger partial charge in [-0.2, -0.15) is 0 Å². The molecule has 24 heavy (non-hydrogen) atoms. The molecule has 134 valence electrons. The molecule has 2 aliphatic heterocycles. The maximum Gasteiger partial charge on any atom is 0.317 e. The molecular weight excluding hydrogens is 300 g/mol. The Morgan fingerprint density at radius 3 is 2.62 bits per heavy atom. The average molecular weight is 332 g/mol. The lowest BCUT2D eigenvalue weighted by molar-refractivity contribution is 0.158. The molecule has 1 N–H and O–H groups in total. The van der Waals surface area contributed by atoms with Crippen molar-refractivity contribution < 1.29 is 4.79 Å². The Hall–Kier alpha value is -1.49. The number of aromatic nitrogens is 1. The first kappa shape index (κ1) is 17.3. The van der Waals surface area contributed by atoms with E-state index in [1.807, 2.05) is 4.90 Å². The summed E-state index contributed by atoms with van der Waals surface area (Å²) >= 11 is 0. The van der Waals surface area contributed by atoms with E-state index >= 15 is 0 Å². The maximum atomic E-state index is 12.4. The molecule has 1 aromatic heterocycles. The van der Waals surface area contributed by atoms with Gasteiger partial charge in [-0.1, -0.05) is 6.42 Å². The summed E-state index contributed by atoms with van der Waals surface area (Å²) in [5.41, 5.74) is 0. The van der Waals surface area contributed by atoms with Gasteiger partial charge in [-0.3, -0.25) is 0 Å². The highest BCUT2D eigenvalue weighted by Gasteiger charge is 2.23. The molecule has 0 spiro atoms. The summed E-state index contributed by atoms with van der Waals surface area (Å²) in [7, 11) is 0. The van der Waals surface area contributed by atoms with Crippen LogP contribution in [-0.4, -0.2) is 59.7 Å². The number of nitrogens with one attached hydrogen (secondary N) is 1. The lowest BCUT2D eigenvalue weighted by Crippen LogP contribution is -2.46. The van der Waals surface area contributed by atoms with E-state index < -0.39 is 0 Å². The van der Waals surface area contributed by atoms with Crippen LogP contribution in [0.3, 0.4) is 0 Å². The molecule has 0 bridgehead atoms. The van der Waals surface area contributed by atoms with Crippen molar-refractivity contribution >= 4 is 6.03 Å². The van der Waals surface area contributed by atoms with Gasteiger partial charge < -0.3 is 19.7 Å². The van der Waals surface area contributed by atoms with Gasteiger partial charge in [0.05, 0.1) is 0 Å². The molecule has 2 aliphatic rings. The van der Waals surface area contributed by atoms with Crippen molar-refractivity contribution in [1.29, 1.82) is 0 Å². The minimum absolute atomic E-state index is 0.130. The zero-order valence-electron chi connectivity index (χ0n) is 14.8. The summed E-state index contributed by atoms with van der Waals surface area (Å²) in [6.45, 7) is 7.20. The second-order valence-electron chi connectivity index (χ2n) is 7.32. The first-order valence-corrected chi connectivity index (χ1v) is 9.67. The summed E-state index contributed by atoms with van der Waals surface area (Å²) in [4.78, 5) is 16.9. The van der Waals surface area contributed by atoms with Gasteiger partial charge in [-0.05, 0) is 69.8 Å². The average Bonchev–Trinajstić information content (AvgIpc) is 3.13. The van der Waals surface area contributed by atoms with Gasteiger partial charge in [0.2, 0.25) is 0 Å². The molecule has 0 aliphatic carbocycles. The van der Waals surface area contributed by atoms with Crippen LogP contribution < -0.4 is 5.32 Å². The Kier molecular flexibility index (Phi) is 6.58. The quantitative estimate of drug-likeness (QED) is 0.814. The maximum absolute atomic E-state index is 12.4.